The molecule has 1 fully saturated rings. The number of rotatable bonds is 4. The van der Waals surface area contributed by atoms with Crippen LogP contribution in [0.5, 0.6) is 0 Å². The predicted molar refractivity (Wildman–Crippen MR) is 105 cm³/mol. The molecule has 28 heavy (non-hydrogen) atoms. The number of ether oxygens (including phenoxy) is 2. The van der Waals surface area contributed by atoms with Crippen LogP contribution in [-0.4, -0.2) is 48.9 Å². The zero-order valence-corrected chi connectivity index (χ0v) is 16.9. The lowest BCUT2D eigenvalue weighted by atomic mass is 10.1. The Morgan fingerprint density at radius 3 is 2.68 bits per heavy atom. The fourth-order valence-corrected chi connectivity index (χ4v) is 3.42. The molecule has 1 N–H and O–H groups in total. The number of amides is 3. The van der Waals surface area contributed by atoms with Crippen molar-refractivity contribution in [1.29, 1.82) is 0 Å². The van der Waals surface area contributed by atoms with Gasteiger partial charge in [-0.25, -0.2) is 9.59 Å². The number of cyclic esters (lactones) is 1. The predicted octanol–water partition coefficient (Wildman–Crippen LogP) is 2.83. The van der Waals surface area contributed by atoms with Gasteiger partial charge < -0.3 is 19.7 Å². The van der Waals surface area contributed by atoms with Gasteiger partial charge in [0, 0.05) is 17.4 Å². The molecular formula is C20H27N3O5. The minimum atomic E-state index is -0.589. The summed E-state index contributed by atoms with van der Waals surface area (Å²) in [5, 5.41) is 2.62. The highest BCUT2D eigenvalue weighted by Gasteiger charge is 2.35. The molecule has 8 heteroatoms. The highest BCUT2D eigenvalue weighted by atomic mass is 16.6. The Bertz CT molecular complexity index is 800. The molecule has 0 radical (unpaired) electrons. The summed E-state index contributed by atoms with van der Waals surface area (Å²) in [5.41, 5.74) is 1.88. The normalized spacial score (nSPS) is 19.1. The van der Waals surface area contributed by atoms with E-state index in [-0.39, 0.29) is 18.5 Å². The first-order valence-corrected chi connectivity index (χ1v) is 9.45. The van der Waals surface area contributed by atoms with E-state index in [4.69, 9.17) is 9.47 Å². The highest BCUT2D eigenvalue weighted by molar-refractivity contribution is 6.02. The Balaban J connectivity index is 1.64. The minimum Gasteiger partial charge on any atom is -0.444 e. The van der Waals surface area contributed by atoms with Crippen LogP contribution in [0.25, 0.3) is 0 Å². The lowest BCUT2D eigenvalue weighted by Gasteiger charge is -2.22. The number of nitrogens with one attached hydrogen (secondary N) is 1. The third-order valence-corrected chi connectivity index (χ3v) is 4.51. The second-order valence-corrected chi connectivity index (χ2v) is 8.35. The lowest BCUT2D eigenvalue weighted by molar-refractivity contribution is -0.117. The minimum absolute atomic E-state index is 0.0607. The molecule has 8 nitrogen and oxygen atoms in total. The third kappa shape index (κ3) is 4.21. The summed E-state index contributed by atoms with van der Waals surface area (Å²) in [6.07, 6.45) is -1.16. The van der Waals surface area contributed by atoms with Gasteiger partial charge in [-0.3, -0.25) is 9.69 Å². The first kappa shape index (κ1) is 20.0. The average molecular weight is 389 g/mol. The number of carbonyl (C=O) groups excluding carboxylic acids is 3. The number of benzene rings is 1. The molecule has 1 aromatic rings. The maximum atomic E-state index is 12.3. The summed E-state index contributed by atoms with van der Waals surface area (Å²) >= 11 is 0. The van der Waals surface area contributed by atoms with E-state index >= 15 is 0 Å². The molecule has 0 saturated carbocycles. The summed E-state index contributed by atoms with van der Waals surface area (Å²) in [5.74, 6) is 0.0607. The smallest absolute Gasteiger partial charge is 0.414 e. The van der Waals surface area contributed by atoms with Crippen LogP contribution in [0.15, 0.2) is 18.2 Å². The fraction of sp³-hybridized carbons (Fsp3) is 0.550. The van der Waals surface area contributed by atoms with Gasteiger partial charge in [-0.1, -0.05) is 0 Å². The van der Waals surface area contributed by atoms with Gasteiger partial charge in [0.2, 0.25) is 5.91 Å². The van der Waals surface area contributed by atoms with Gasteiger partial charge in [0.05, 0.1) is 19.5 Å². The highest BCUT2D eigenvalue weighted by Crippen LogP contribution is 2.34. The summed E-state index contributed by atoms with van der Waals surface area (Å²) in [4.78, 5) is 39.6. The van der Waals surface area contributed by atoms with Crippen LogP contribution in [0.2, 0.25) is 0 Å². The van der Waals surface area contributed by atoms with E-state index < -0.39 is 23.9 Å². The van der Waals surface area contributed by atoms with Crippen molar-refractivity contribution in [2.24, 2.45) is 0 Å². The first-order chi connectivity index (χ1) is 13.0. The molecule has 152 valence electrons. The molecule has 3 rings (SSSR count). The molecule has 3 amide bonds. The van der Waals surface area contributed by atoms with Gasteiger partial charge in [-0.2, -0.15) is 0 Å². The molecule has 2 aliphatic rings. The second kappa shape index (κ2) is 7.33. The molecule has 0 spiro atoms. The SMILES string of the molecule is CC(C)N1C(=O)Cc2cc(N3CC(CNC(=O)OC(C)(C)C)OC3=O)ccc21. The van der Waals surface area contributed by atoms with Crippen molar-refractivity contribution in [2.45, 2.75) is 58.8 Å². The number of anilines is 2. The molecule has 1 aromatic carbocycles. The van der Waals surface area contributed by atoms with Crippen LogP contribution in [0.4, 0.5) is 21.0 Å². The molecule has 1 atom stereocenters. The van der Waals surface area contributed by atoms with E-state index in [1.54, 1.807) is 25.7 Å². The topological polar surface area (TPSA) is 88.2 Å². The Kier molecular flexibility index (Phi) is 5.23. The Labute approximate surface area is 164 Å². The van der Waals surface area contributed by atoms with Gasteiger partial charge in [-0.05, 0) is 58.4 Å². The van der Waals surface area contributed by atoms with Crippen LogP contribution in [-0.2, 0) is 20.7 Å². The Hall–Kier alpha value is -2.77. The van der Waals surface area contributed by atoms with Crippen LogP contribution in [0, 0.1) is 0 Å². The van der Waals surface area contributed by atoms with E-state index in [1.807, 2.05) is 32.0 Å². The monoisotopic (exact) mass is 389 g/mol. The molecule has 0 bridgehead atoms. The van der Waals surface area contributed by atoms with Crippen molar-refractivity contribution >= 4 is 29.5 Å². The molecule has 2 heterocycles. The standard InChI is InChI=1S/C20H27N3O5/c1-12(2)23-16-7-6-14(8-13(16)9-17(23)24)22-11-15(27-19(22)26)10-21-18(25)28-20(3,4)5/h6-8,12,15H,9-11H2,1-5H3,(H,21,25). The van der Waals surface area contributed by atoms with Crippen molar-refractivity contribution < 1.29 is 23.9 Å². The fourth-order valence-electron chi connectivity index (χ4n) is 3.42. The van der Waals surface area contributed by atoms with Gasteiger partial charge in [0.15, 0.2) is 0 Å². The average Bonchev–Trinajstić information content (AvgIpc) is 3.09. The summed E-state index contributed by atoms with van der Waals surface area (Å²) in [7, 11) is 0. The van der Waals surface area contributed by atoms with Gasteiger partial charge in [-0.15, -0.1) is 0 Å². The largest absolute Gasteiger partial charge is 0.444 e. The summed E-state index contributed by atoms with van der Waals surface area (Å²) in [6, 6.07) is 5.63. The van der Waals surface area contributed by atoms with E-state index in [1.165, 1.54) is 4.90 Å². The van der Waals surface area contributed by atoms with Gasteiger partial charge in [0.25, 0.3) is 0 Å². The molecule has 0 aromatic heterocycles. The van der Waals surface area contributed by atoms with E-state index in [0.717, 1.165) is 11.3 Å². The number of hydrogen-bond acceptors (Lipinski definition) is 5. The zero-order chi connectivity index (χ0) is 20.6. The summed E-state index contributed by atoms with van der Waals surface area (Å²) < 4.78 is 10.5. The number of nitrogens with zero attached hydrogens (tertiary/aromatic N) is 2. The molecule has 1 unspecified atom stereocenters. The van der Waals surface area contributed by atoms with Crippen molar-refractivity contribution in [2.75, 3.05) is 22.9 Å². The van der Waals surface area contributed by atoms with E-state index in [2.05, 4.69) is 5.32 Å². The Morgan fingerprint density at radius 2 is 2.04 bits per heavy atom. The van der Waals surface area contributed by atoms with Crippen LogP contribution < -0.4 is 15.1 Å². The van der Waals surface area contributed by atoms with Crippen molar-refractivity contribution in [3.8, 4) is 0 Å². The van der Waals surface area contributed by atoms with Crippen molar-refractivity contribution in [1.82, 2.24) is 5.32 Å². The van der Waals surface area contributed by atoms with Crippen LogP contribution in [0.1, 0.15) is 40.2 Å². The van der Waals surface area contributed by atoms with Crippen molar-refractivity contribution in [3.05, 3.63) is 23.8 Å². The summed E-state index contributed by atoms with van der Waals surface area (Å²) in [6.45, 7) is 9.77. The quantitative estimate of drug-likeness (QED) is 0.855. The van der Waals surface area contributed by atoms with Gasteiger partial charge >= 0.3 is 12.2 Å². The maximum Gasteiger partial charge on any atom is 0.414 e. The van der Waals surface area contributed by atoms with E-state index in [9.17, 15) is 14.4 Å². The van der Waals surface area contributed by atoms with Crippen LogP contribution >= 0.6 is 0 Å². The Morgan fingerprint density at radius 1 is 1.32 bits per heavy atom. The maximum absolute atomic E-state index is 12.3. The number of carbonyl (C=O) groups is 3. The van der Waals surface area contributed by atoms with Gasteiger partial charge in [0.1, 0.15) is 11.7 Å². The number of alkyl carbamates (subject to hydrolysis) is 1. The molecule has 0 aliphatic carbocycles. The van der Waals surface area contributed by atoms with E-state index in [0.29, 0.717) is 18.7 Å². The number of hydrogen-bond donors (Lipinski definition) is 1. The third-order valence-electron chi connectivity index (χ3n) is 4.51. The molecule has 2 aliphatic heterocycles. The van der Waals surface area contributed by atoms with Crippen molar-refractivity contribution in [3.63, 3.8) is 0 Å². The molecule has 1 saturated heterocycles. The first-order valence-electron chi connectivity index (χ1n) is 9.45. The number of fused-ring (bicyclic) bond motifs is 1. The lowest BCUT2D eigenvalue weighted by Crippen LogP contribution is -2.38. The van der Waals surface area contributed by atoms with Crippen LogP contribution in [0.3, 0.4) is 0 Å². The zero-order valence-electron chi connectivity index (χ0n) is 16.9. The second-order valence-electron chi connectivity index (χ2n) is 8.35. The molecular weight excluding hydrogens is 362 g/mol.